The molecular formula is C17H18Cl2N2O. The quantitative estimate of drug-likeness (QED) is 0.893. The molecule has 0 bridgehead atoms. The van der Waals surface area contributed by atoms with E-state index in [9.17, 15) is 0 Å². The number of halogens is 2. The lowest BCUT2D eigenvalue weighted by Crippen LogP contribution is -2.36. The highest BCUT2D eigenvalue weighted by atomic mass is 35.5. The molecule has 0 aliphatic carbocycles. The molecule has 5 heteroatoms. The van der Waals surface area contributed by atoms with E-state index >= 15 is 0 Å². The van der Waals surface area contributed by atoms with Crippen LogP contribution in [0.2, 0.25) is 10.0 Å². The van der Waals surface area contributed by atoms with Gasteiger partial charge in [0.15, 0.2) is 0 Å². The molecule has 3 nitrogen and oxygen atoms in total. The molecule has 1 aliphatic rings. The fraction of sp³-hybridized carbons (Fsp3) is 0.294. The lowest BCUT2D eigenvalue weighted by Gasteiger charge is -2.28. The zero-order valence-electron chi connectivity index (χ0n) is 12.2. The van der Waals surface area contributed by atoms with Gasteiger partial charge in [0.25, 0.3) is 0 Å². The van der Waals surface area contributed by atoms with Crippen LogP contribution >= 0.6 is 23.2 Å². The van der Waals surface area contributed by atoms with Crippen molar-refractivity contribution in [2.24, 2.45) is 0 Å². The van der Waals surface area contributed by atoms with Crippen LogP contribution in [0.3, 0.4) is 0 Å². The summed E-state index contributed by atoms with van der Waals surface area (Å²) in [4.78, 5) is 2.34. The molecule has 3 rings (SSSR count). The van der Waals surface area contributed by atoms with Crippen LogP contribution in [0.1, 0.15) is 5.56 Å². The third-order valence-electron chi connectivity index (χ3n) is 3.72. The molecule has 22 heavy (non-hydrogen) atoms. The van der Waals surface area contributed by atoms with Gasteiger partial charge in [-0.05, 0) is 42.0 Å². The maximum Gasteiger partial charge on any atom is 0.0642 e. The van der Waals surface area contributed by atoms with Crippen molar-refractivity contribution in [3.63, 3.8) is 0 Å². The van der Waals surface area contributed by atoms with E-state index in [1.807, 2.05) is 18.2 Å². The zero-order valence-corrected chi connectivity index (χ0v) is 13.7. The third kappa shape index (κ3) is 3.86. The van der Waals surface area contributed by atoms with Crippen LogP contribution < -0.4 is 10.2 Å². The van der Waals surface area contributed by atoms with Crippen molar-refractivity contribution in [1.29, 1.82) is 0 Å². The zero-order chi connectivity index (χ0) is 15.4. The van der Waals surface area contributed by atoms with Gasteiger partial charge in [0.2, 0.25) is 0 Å². The number of nitrogens with zero attached hydrogens (tertiary/aromatic N) is 1. The van der Waals surface area contributed by atoms with Crippen LogP contribution in [-0.2, 0) is 11.3 Å². The van der Waals surface area contributed by atoms with Crippen molar-refractivity contribution in [2.45, 2.75) is 6.54 Å². The van der Waals surface area contributed by atoms with Gasteiger partial charge < -0.3 is 15.0 Å². The highest BCUT2D eigenvalue weighted by molar-refractivity contribution is 6.42. The summed E-state index contributed by atoms with van der Waals surface area (Å²) in [5, 5.41) is 4.56. The van der Waals surface area contributed by atoms with Gasteiger partial charge in [0, 0.05) is 31.0 Å². The summed E-state index contributed by atoms with van der Waals surface area (Å²) in [5.74, 6) is 0. The van der Waals surface area contributed by atoms with E-state index in [-0.39, 0.29) is 0 Å². The molecular weight excluding hydrogens is 319 g/mol. The maximum atomic E-state index is 6.03. The first-order chi connectivity index (χ1) is 10.7. The Morgan fingerprint density at radius 1 is 0.955 bits per heavy atom. The van der Waals surface area contributed by atoms with Gasteiger partial charge >= 0.3 is 0 Å². The van der Waals surface area contributed by atoms with Gasteiger partial charge in [0.1, 0.15) is 0 Å². The topological polar surface area (TPSA) is 24.5 Å². The minimum absolute atomic E-state index is 0.584. The van der Waals surface area contributed by atoms with Crippen LogP contribution in [0.5, 0.6) is 0 Å². The molecule has 1 aliphatic heterocycles. The average Bonchev–Trinajstić information content (AvgIpc) is 2.57. The number of benzene rings is 2. The molecule has 0 radical (unpaired) electrons. The number of hydrogen-bond acceptors (Lipinski definition) is 3. The predicted octanol–water partition coefficient (Wildman–Crippen LogP) is 4.44. The monoisotopic (exact) mass is 336 g/mol. The SMILES string of the molecule is Clc1ccc(CNc2ccc(N3CCOCC3)cc2)cc1Cl. The van der Waals surface area contributed by atoms with Crippen molar-refractivity contribution in [3.8, 4) is 0 Å². The second kappa shape index (κ2) is 7.23. The van der Waals surface area contributed by atoms with Crippen molar-refractivity contribution in [1.82, 2.24) is 0 Å². The Morgan fingerprint density at radius 2 is 1.68 bits per heavy atom. The molecule has 0 amide bonds. The van der Waals surface area contributed by atoms with Crippen LogP contribution in [-0.4, -0.2) is 26.3 Å². The summed E-state index contributed by atoms with van der Waals surface area (Å²) >= 11 is 12.0. The second-order valence-corrected chi connectivity index (χ2v) is 6.06. The summed E-state index contributed by atoms with van der Waals surface area (Å²) < 4.78 is 5.38. The first kappa shape index (κ1) is 15.5. The Hall–Kier alpha value is -1.42. The minimum atomic E-state index is 0.584. The average molecular weight is 337 g/mol. The number of nitrogens with one attached hydrogen (secondary N) is 1. The van der Waals surface area contributed by atoms with E-state index in [0.717, 1.165) is 37.6 Å². The number of anilines is 2. The van der Waals surface area contributed by atoms with Gasteiger partial charge in [-0.15, -0.1) is 0 Å². The molecule has 0 atom stereocenters. The fourth-order valence-electron chi connectivity index (χ4n) is 2.47. The van der Waals surface area contributed by atoms with E-state index in [4.69, 9.17) is 27.9 Å². The molecule has 1 heterocycles. The molecule has 0 aromatic heterocycles. The van der Waals surface area contributed by atoms with E-state index in [2.05, 4.69) is 34.5 Å². The van der Waals surface area contributed by atoms with Crippen LogP contribution in [0, 0.1) is 0 Å². The summed E-state index contributed by atoms with van der Waals surface area (Å²) in [5.41, 5.74) is 3.43. The van der Waals surface area contributed by atoms with Gasteiger partial charge in [0.05, 0.1) is 23.3 Å². The van der Waals surface area contributed by atoms with Crippen molar-refractivity contribution in [3.05, 3.63) is 58.1 Å². The van der Waals surface area contributed by atoms with E-state index < -0.39 is 0 Å². The number of hydrogen-bond donors (Lipinski definition) is 1. The summed E-state index contributed by atoms with van der Waals surface area (Å²) in [7, 11) is 0. The van der Waals surface area contributed by atoms with Gasteiger partial charge in [-0.1, -0.05) is 29.3 Å². The summed E-state index contributed by atoms with van der Waals surface area (Å²) in [6, 6.07) is 14.2. The maximum absolute atomic E-state index is 6.03. The standard InChI is InChI=1S/C17H18Cl2N2O/c18-16-6-1-13(11-17(16)19)12-20-14-2-4-15(5-3-14)21-7-9-22-10-8-21/h1-6,11,20H,7-10,12H2. The molecule has 2 aromatic carbocycles. The Morgan fingerprint density at radius 3 is 2.36 bits per heavy atom. The summed E-state index contributed by atoms with van der Waals surface area (Å²) in [6.07, 6.45) is 0. The van der Waals surface area contributed by atoms with Crippen molar-refractivity contribution < 1.29 is 4.74 Å². The molecule has 2 aromatic rings. The highest BCUT2D eigenvalue weighted by Gasteiger charge is 2.10. The Bertz CT molecular complexity index is 625. The number of rotatable bonds is 4. The Kier molecular flexibility index (Phi) is 5.08. The summed E-state index contributed by atoms with van der Waals surface area (Å²) in [6.45, 7) is 4.23. The fourth-order valence-corrected chi connectivity index (χ4v) is 2.79. The molecule has 1 fully saturated rings. The largest absolute Gasteiger partial charge is 0.381 e. The van der Waals surface area contributed by atoms with E-state index in [1.165, 1.54) is 5.69 Å². The van der Waals surface area contributed by atoms with Crippen LogP contribution in [0.25, 0.3) is 0 Å². The molecule has 1 N–H and O–H groups in total. The van der Waals surface area contributed by atoms with Crippen molar-refractivity contribution in [2.75, 3.05) is 36.5 Å². The molecule has 0 spiro atoms. The highest BCUT2D eigenvalue weighted by Crippen LogP contribution is 2.23. The third-order valence-corrected chi connectivity index (χ3v) is 4.46. The van der Waals surface area contributed by atoms with E-state index in [0.29, 0.717) is 16.6 Å². The second-order valence-electron chi connectivity index (χ2n) is 5.25. The normalized spacial score (nSPS) is 14.9. The lowest BCUT2D eigenvalue weighted by atomic mass is 10.2. The molecule has 0 unspecified atom stereocenters. The predicted molar refractivity (Wildman–Crippen MR) is 93.3 cm³/mol. The lowest BCUT2D eigenvalue weighted by molar-refractivity contribution is 0.122. The van der Waals surface area contributed by atoms with Crippen LogP contribution in [0.4, 0.5) is 11.4 Å². The number of morpholine rings is 1. The minimum Gasteiger partial charge on any atom is -0.381 e. The Balaban J connectivity index is 1.59. The molecule has 0 saturated carbocycles. The molecule has 116 valence electrons. The van der Waals surface area contributed by atoms with Crippen LogP contribution in [0.15, 0.2) is 42.5 Å². The van der Waals surface area contributed by atoms with Gasteiger partial charge in [-0.3, -0.25) is 0 Å². The first-order valence-corrected chi connectivity index (χ1v) is 8.08. The smallest absolute Gasteiger partial charge is 0.0642 e. The molecule has 1 saturated heterocycles. The number of ether oxygens (including phenoxy) is 1. The Labute approximate surface area is 140 Å². The van der Waals surface area contributed by atoms with Gasteiger partial charge in [-0.25, -0.2) is 0 Å². The van der Waals surface area contributed by atoms with E-state index in [1.54, 1.807) is 0 Å². The van der Waals surface area contributed by atoms with Gasteiger partial charge in [-0.2, -0.15) is 0 Å². The van der Waals surface area contributed by atoms with Crippen molar-refractivity contribution >= 4 is 34.6 Å². The first-order valence-electron chi connectivity index (χ1n) is 7.33.